The number of β-amino-alcohol motifs (C(OH)–C–C–N with tert-alkyl or cyclic N) is 2. The van der Waals surface area contributed by atoms with Gasteiger partial charge in [-0.2, -0.15) is 0 Å². The molecule has 2 saturated heterocycles. The number of likely N-dealkylation sites (tertiary alicyclic amines) is 2. The Kier molecular flexibility index (Phi) is 6.72. The van der Waals surface area contributed by atoms with Crippen LogP contribution in [-0.2, 0) is 0 Å². The SMILES string of the molecule is OCCN1C[C@H](O)[C@H](O)[C@@H]1C(O)[C@@H](O)[C@@H](O)C(O)N1CCCC1. The molecule has 0 aromatic heterocycles. The molecule has 0 aromatic carbocycles. The largest absolute Gasteiger partial charge is 0.395 e. The summed E-state index contributed by atoms with van der Waals surface area (Å²) in [6.45, 7) is 1.11. The Balaban J connectivity index is 2.02. The molecule has 9 heteroatoms. The topological polar surface area (TPSA) is 148 Å². The molecule has 0 bridgehead atoms. The molecule has 0 amide bonds. The van der Waals surface area contributed by atoms with E-state index in [1.54, 1.807) is 4.90 Å². The first-order chi connectivity index (χ1) is 10.9. The molecular formula is C14H28N2O7. The van der Waals surface area contributed by atoms with Crippen molar-refractivity contribution in [2.75, 3.05) is 32.8 Å². The molecule has 7 atom stereocenters. The van der Waals surface area contributed by atoms with Crippen LogP contribution in [0.25, 0.3) is 0 Å². The van der Waals surface area contributed by atoms with Crippen LogP contribution >= 0.6 is 0 Å². The van der Waals surface area contributed by atoms with Gasteiger partial charge >= 0.3 is 0 Å². The predicted octanol–water partition coefficient (Wildman–Crippen LogP) is -4.12. The molecule has 2 rings (SSSR count). The van der Waals surface area contributed by atoms with Crippen molar-refractivity contribution < 1.29 is 35.7 Å². The second-order valence-corrected chi connectivity index (χ2v) is 6.40. The van der Waals surface area contributed by atoms with E-state index in [2.05, 4.69) is 0 Å². The fourth-order valence-corrected chi connectivity index (χ4v) is 3.50. The van der Waals surface area contributed by atoms with Gasteiger partial charge in [0.2, 0.25) is 0 Å². The molecule has 23 heavy (non-hydrogen) atoms. The molecule has 2 aliphatic heterocycles. The lowest BCUT2D eigenvalue weighted by atomic mass is 9.95. The van der Waals surface area contributed by atoms with Crippen molar-refractivity contribution in [1.82, 2.24) is 9.80 Å². The number of aliphatic hydroxyl groups is 7. The summed E-state index contributed by atoms with van der Waals surface area (Å²) in [7, 11) is 0. The molecule has 0 aromatic rings. The molecular weight excluding hydrogens is 308 g/mol. The zero-order valence-corrected chi connectivity index (χ0v) is 13.0. The van der Waals surface area contributed by atoms with Crippen LogP contribution in [0.15, 0.2) is 0 Å². The van der Waals surface area contributed by atoms with E-state index in [9.17, 15) is 30.6 Å². The zero-order chi connectivity index (χ0) is 17.1. The summed E-state index contributed by atoms with van der Waals surface area (Å²) in [6, 6.07) is -1.03. The lowest BCUT2D eigenvalue weighted by Gasteiger charge is -2.36. The van der Waals surface area contributed by atoms with Gasteiger partial charge in [-0.15, -0.1) is 0 Å². The minimum Gasteiger partial charge on any atom is -0.395 e. The summed E-state index contributed by atoms with van der Waals surface area (Å²) in [4.78, 5) is 3.07. The van der Waals surface area contributed by atoms with Crippen LogP contribution in [0.4, 0.5) is 0 Å². The molecule has 9 nitrogen and oxygen atoms in total. The minimum atomic E-state index is -1.70. The third kappa shape index (κ3) is 4.01. The first kappa shape index (κ1) is 19.0. The van der Waals surface area contributed by atoms with Gasteiger partial charge in [0, 0.05) is 26.2 Å². The monoisotopic (exact) mass is 336 g/mol. The summed E-state index contributed by atoms with van der Waals surface area (Å²) < 4.78 is 0. The van der Waals surface area contributed by atoms with Gasteiger partial charge in [0.05, 0.1) is 24.9 Å². The lowest BCUT2D eigenvalue weighted by Crippen LogP contribution is -2.58. The molecule has 2 fully saturated rings. The quantitative estimate of drug-likeness (QED) is 0.246. The minimum absolute atomic E-state index is 0.0426. The van der Waals surface area contributed by atoms with Crippen LogP contribution in [0.2, 0.25) is 0 Å². The smallest absolute Gasteiger partial charge is 0.136 e. The van der Waals surface area contributed by atoms with Crippen molar-refractivity contribution in [3.05, 3.63) is 0 Å². The third-order valence-corrected chi connectivity index (χ3v) is 4.84. The van der Waals surface area contributed by atoms with Crippen LogP contribution in [0.5, 0.6) is 0 Å². The second kappa shape index (κ2) is 8.15. The summed E-state index contributed by atoms with van der Waals surface area (Å²) in [5, 5.41) is 69.5. The molecule has 0 radical (unpaired) electrons. The summed E-state index contributed by atoms with van der Waals surface area (Å²) in [5.74, 6) is 0. The Morgan fingerprint density at radius 1 is 0.957 bits per heavy atom. The second-order valence-electron chi connectivity index (χ2n) is 6.40. The van der Waals surface area contributed by atoms with Crippen LogP contribution in [0.3, 0.4) is 0 Å². The molecule has 0 saturated carbocycles. The Labute approximate surface area is 135 Å². The average molecular weight is 336 g/mol. The number of aliphatic hydroxyl groups excluding tert-OH is 7. The fourth-order valence-electron chi connectivity index (χ4n) is 3.50. The maximum atomic E-state index is 10.3. The third-order valence-electron chi connectivity index (χ3n) is 4.84. The Hall–Kier alpha value is -0.360. The van der Waals surface area contributed by atoms with E-state index in [1.165, 1.54) is 4.90 Å². The van der Waals surface area contributed by atoms with Crippen molar-refractivity contribution >= 4 is 0 Å². The Bertz CT molecular complexity index is 369. The average Bonchev–Trinajstić information content (AvgIpc) is 3.15. The van der Waals surface area contributed by atoms with E-state index in [0.717, 1.165) is 12.8 Å². The lowest BCUT2D eigenvalue weighted by molar-refractivity contribution is -0.162. The van der Waals surface area contributed by atoms with Gasteiger partial charge in [0.15, 0.2) is 0 Å². The van der Waals surface area contributed by atoms with Crippen LogP contribution < -0.4 is 0 Å². The molecule has 2 unspecified atom stereocenters. The van der Waals surface area contributed by atoms with Gasteiger partial charge in [-0.3, -0.25) is 9.80 Å². The van der Waals surface area contributed by atoms with Gasteiger partial charge in [-0.1, -0.05) is 0 Å². The fraction of sp³-hybridized carbons (Fsp3) is 1.00. The Morgan fingerprint density at radius 3 is 2.13 bits per heavy atom. The van der Waals surface area contributed by atoms with Gasteiger partial charge in [-0.05, 0) is 12.8 Å². The van der Waals surface area contributed by atoms with E-state index < -0.39 is 42.8 Å². The standard InChI is InChI=1S/C14H28N2O7/c17-6-5-16-7-8(18)10(19)9(16)11(20)12(21)13(22)14(23)15-3-1-2-4-15/h8-14,17-23H,1-7H2/t8-,9+,10-,11?,12+,13+,14?/m0/s1. The first-order valence-electron chi connectivity index (χ1n) is 8.05. The zero-order valence-electron chi connectivity index (χ0n) is 13.0. The van der Waals surface area contributed by atoms with Crippen LogP contribution in [-0.4, -0.2) is 121 Å². The molecule has 0 aliphatic carbocycles. The highest BCUT2D eigenvalue weighted by Gasteiger charge is 2.48. The van der Waals surface area contributed by atoms with Crippen LogP contribution in [0.1, 0.15) is 12.8 Å². The predicted molar refractivity (Wildman–Crippen MR) is 79.3 cm³/mol. The summed E-state index contributed by atoms with van der Waals surface area (Å²) >= 11 is 0. The van der Waals surface area contributed by atoms with Gasteiger partial charge in [-0.25, -0.2) is 0 Å². The van der Waals surface area contributed by atoms with Crippen molar-refractivity contribution in [2.45, 2.75) is 55.6 Å². The number of hydrogen-bond acceptors (Lipinski definition) is 9. The van der Waals surface area contributed by atoms with Crippen molar-refractivity contribution in [2.24, 2.45) is 0 Å². The normalized spacial score (nSPS) is 35.3. The number of hydrogen-bond donors (Lipinski definition) is 7. The molecule has 2 aliphatic rings. The first-order valence-corrected chi connectivity index (χ1v) is 8.05. The van der Waals surface area contributed by atoms with Gasteiger partial charge < -0.3 is 35.7 Å². The highest BCUT2D eigenvalue weighted by Crippen LogP contribution is 2.25. The van der Waals surface area contributed by atoms with Crippen LogP contribution in [0, 0.1) is 0 Å². The van der Waals surface area contributed by atoms with E-state index in [0.29, 0.717) is 13.1 Å². The van der Waals surface area contributed by atoms with E-state index in [1.807, 2.05) is 0 Å². The number of nitrogens with zero attached hydrogens (tertiary/aromatic N) is 2. The summed E-state index contributed by atoms with van der Waals surface area (Å²) in [5.41, 5.74) is 0. The molecule has 2 heterocycles. The van der Waals surface area contributed by atoms with Gasteiger partial charge in [0.1, 0.15) is 24.5 Å². The molecule has 7 N–H and O–H groups in total. The van der Waals surface area contributed by atoms with Gasteiger partial charge in [0.25, 0.3) is 0 Å². The van der Waals surface area contributed by atoms with E-state index >= 15 is 0 Å². The molecule has 136 valence electrons. The summed E-state index contributed by atoms with van der Waals surface area (Å²) in [6.07, 6.45) is -6.85. The molecule has 0 spiro atoms. The van der Waals surface area contributed by atoms with E-state index in [-0.39, 0.29) is 19.7 Å². The Morgan fingerprint density at radius 2 is 1.57 bits per heavy atom. The highest BCUT2D eigenvalue weighted by atomic mass is 16.4. The van der Waals surface area contributed by atoms with E-state index in [4.69, 9.17) is 5.11 Å². The van der Waals surface area contributed by atoms with Crippen molar-refractivity contribution in [3.8, 4) is 0 Å². The van der Waals surface area contributed by atoms with Crippen molar-refractivity contribution in [3.63, 3.8) is 0 Å². The highest BCUT2D eigenvalue weighted by molar-refractivity contribution is 5.01. The van der Waals surface area contributed by atoms with Crippen molar-refractivity contribution in [1.29, 1.82) is 0 Å². The number of rotatable bonds is 7. The maximum absolute atomic E-state index is 10.3. The maximum Gasteiger partial charge on any atom is 0.136 e.